The van der Waals surface area contributed by atoms with Gasteiger partial charge in [-0.1, -0.05) is 39.7 Å². The lowest BCUT2D eigenvalue weighted by atomic mass is 9.90. The van der Waals surface area contributed by atoms with E-state index in [1.54, 1.807) is 0 Å². The smallest absolute Gasteiger partial charge is 0.200 e. The fourth-order valence-electron chi connectivity index (χ4n) is 4.79. The fraction of sp³-hybridized carbons (Fsp3) is 0.435. The molecule has 0 aromatic heterocycles. The molecule has 152 valence electrons. The molecule has 0 saturated carbocycles. The molecule has 6 heteroatoms. The molecule has 3 aliphatic heterocycles. The Morgan fingerprint density at radius 2 is 1.86 bits per heavy atom. The molecule has 3 heterocycles. The number of rotatable bonds is 2. The number of halogens is 2. The molecule has 1 atom stereocenters. The molecular formula is C23H25BrClN3O. The average molecular weight is 475 g/mol. The molecule has 2 aromatic carbocycles. The second-order valence-electron chi connectivity index (χ2n) is 8.48. The number of hydrazone groups is 1. The molecule has 4 nitrogen and oxygen atoms in total. The van der Waals surface area contributed by atoms with Gasteiger partial charge in [0.15, 0.2) is 0 Å². The highest BCUT2D eigenvalue weighted by molar-refractivity contribution is 9.10. The van der Waals surface area contributed by atoms with E-state index in [1.807, 2.05) is 12.1 Å². The summed E-state index contributed by atoms with van der Waals surface area (Å²) in [5, 5.41) is 8.15. The molecule has 1 fully saturated rings. The van der Waals surface area contributed by atoms with E-state index in [4.69, 9.17) is 21.4 Å². The lowest BCUT2D eigenvalue weighted by Crippen LogP contribution is -2.59. The normalized spacial score (nSPS) is 23.0. The van der Waals surface area contributed by atoms with Gasteiger partial charge in [0, 0.05) is 53.5 Å². The minimum Gasteiger partial charge on any atom is -0.466 e. The van der Waals surface area contributed by atoms with Crippen LogP contribution in [0, 0.1) is 0 Å². The summed E-state index contributed by atoms with van der Waals surface area (Å²) in [4.78, 5) is 2.53. The van der Waals surface area contributed by atoms with Crippen molar-refractivity contribution in [2.24, 2.45) is 5.10 Å². The molecule has 0 aliphatic carbocycles. The fourth-order valence-corrected chi connectivity index (χ4v) is 5.29. The molecule has 0 amide bonds. The van der Waals surface area contributed by atoms with Crippen molar-refractivity contribution in [1.82, 2.24) is 9.91 Å². The highest BCUT2D eigenvalue weighted by Gasteiger charge is 2.52. The van der Waals surface area contributed by atoms with Gasteiger partial charge < -0.3 is 9.64 Å². The van der Waals surface area contributed by atoms with Crippen molar-refractivity contribution in [3.05, 3.63) is 63.1 Å². The second kappa shape index (κ2) is 7.29. The Labute approximate surface area is 185 Å². The van der Waals surface area contributed by atoms with E-state index in [2.05, 4.69) is 70.0 Å². The van der Waals surface area contributed by atoms with Gasteiger partial charge >= 0.3 is 0 Å². The molecule has 1 saturated heterocycles. The van der Waals surface area contributed by atoms with Gasteiger partial charge in [-0.25, -0.2) is 5.01 Å². The number of nitrogens with zero attached hydrogens (tertiary/aromatic N) is 3. The maximum absolute atomic E-state index is 6.71. The molecule has 0 bridgehead atoms. The summed E-state index contributed by atoms with van der Waals surface area (Å²) in [6.45, 7) is 6.58. The molecule has 5 rings (SSSR count). The minimum absolute atomic E-state index is 0.201. The molecule has 1 spiro atoms. The van der Waals surface area contributed by atoms with E-state index < -0.39 is 0 Å². The van der Waals surface area contributed by atoms with E-state index >= 15 is 0 Å². The third kappa shape index (κ3) is 3.37. The standard InChI is InChI=1S/C23H25BrClN3O/c1-15(2)27-11-9-23(10-12-27)28-21(19-13-17(24)5-8-22(19)29-23)14-20(26-28)16-3-6-18(25)7-4-16/h3-8,13,15,21H,9-12,14H2,1-2H3/t21-/m1/s1. The Balaban J connectivity index is 1.54. The van der Waals surface area contributed by atoms with Crippen LogP contribution in [0.2, 0.25) is 5.02 Å². The molecular weight excluding hydrogens is 450 g/mol. The Bertz CT molecular complexity index is 951. The average Bonchev–Trinajstić information content (AvgIpc) is 3.16. The third-order valence-corrected chi connectivity index (χ3v) is 7.19. The predicted molar refractivity (Wildman–Crippen MR) is 121 cm³/mol. The summed E-state index contributed by atoms with van der Waals surface area (Å²) in [7, 11) is 0. The number of benzene rings is 2. The molecule has 2 aromatic rings. The van der Waals surface area contributed by atoms with Crippen LogP contribution >= 0.6 is 27.5 Å². The van der Waals surface area contributed by atoms with Gasteiger partial charge in [-0.3, -0.25) is 0 Å². The first-order valence-electron chi connectivity index (χ1n) is 10.3. The van der Waals surface area contributed by atoms with Gasteiger partial charge in [0.2, 0.25) is 5.72 Å². The van der Waals surface area contributed by atoms with Crippen LogP contribution in [0.5, 0.6) is 5.75 Å². The van der Waals surface area contributed by atoms with Crippen LogP contribution in [0.1, 0.15) is 50.3 Å². The van der Waals surface area contributed by atoms with E-state index in [9.17, 15) is 0 Å². The zero-order valence-electron chi connectivity index (χ0n) is 16.7. The summed E-state index contributed by atoms with van der Waals surface area (Å²) < 4.78 is 7.79. The van der Waals surface area contributed by atoms with Crippen molar-refractivity contribution in [2.45, 2.75) is 50.9 Å². The summed E-state index contributed by atoms with van der Waals surface area (Å²) in [5.41, 5.74) is 3.08. The maximum Gasteiger partial charge on any atom is 0.200 e. The number of fused-ring (bicyclic) bond motifs is 4. The summed E-state index contributed by atoms with van der Waals surface area (Å²) in [5.74, 6) is 1.00. The number of piperidine rings is 1. The summed E-state index contributed by atoms with van der Waals surface area (Å²) in [6.07, 6.45) is 2.78. The lowest BCUT2D eigenvalue weighted by molar-refractivity contribution is -0.152. The van der Waals surface area contributed by atoms with Gasteiger partial charge in [-0.2, -0.15) is 5.10 Å². The van der Waals surface area contributed by atoms with Crippen molar-refractivity contribution in [2.75, 3.05) is 13.1 Å². The van der Waals surface area contributed by atoms with Crippen LogP contribution in [0.3, 0.4) is 0 Å². The highest BCUT2D eigenvalue weighted by Crippen LogP contribution is 2.50. The monoisotopic (exact) mass is 473 g/mol. The molecule has 0 N–H and O–H groups in total. The molecule has 0 unspecified atom stereocenters. The Hall–Kier alpha value is -1.56. The van der Waals surface area contributed by atoms with Crippen molar-refractivity contribution in [3.8, 4) is 5.75 Å². The first-order valence-corrected chi connectivity index (χ1v) is 11.5. The number of hydrogen-bond donors (Lipinski definition) is 0. The first-order chi connectivity index (χ1) is 13.9. The number of likely N-dealkylation sites (tertiary alicyclic amines) is 1. The highest BCUT2D eigenvalue weighted by atomic mass is 79.9. The van der Waals surface area contributed by atoms with E-state index in [0.717, 1.165) is 58.9 Å². The van der Waals surface area contributed by atoms with Gasteiger partial charge in [0.1, 0.15) is 5.75 Å². The first kappa shape index (κ1) is 19.4. The number of hydrogen-bond acceptors (Lipinski definition) is 4. The van der Waals surface area contributed by atoms with Crippen molar-refractivity contribution >= 4 is 33.2 Å². The number of ether oxygens (including phenoxy) is 1. The third-order valence-electron chi connectivity index (χ3n) is 6.45. The summed E-state index contributed by atoms with van der Waals surface area (Å²) in [6, 6.07) is 15.1. The SMILES string of the molecule is CC(C)N1CCC2(CC1)Oc1ccc(Br)cc1[C@H]1CC(c3ccc(Cl)cc3)=NN12. The minimum atomic E-state index is -0.370. The topological polar surface area (TPSA) is 28.1 Å². The van der Waals surface area contributed by atoms with Crippen LogP contribution in [0.25, 0.3) is 0 Å². The van der Waals surface area contributed by atoms with Crippen LogP contribution in [-0.4, -0.2) is 40.5 Å². The molecule has 29 heavy (non-hydrogen) atoms. The predicted octanol–water partition coefficient (Wildman–Crippen LogP) is 5.85. The van der Waals surface area contributed by atoms with Crippen LogP contribution in [-0.2, 0) is 0 Å². The summed E-state index contributed by atoms with van der Waals surface area (Å²) >= 11 is 9.73. The quantitative estimate of drug-likeness (QED) is 0.547. The maximum atomic E-state index is 6.71. The van der Waals surface area contributed by atoms with Crippen molar-refractivity contribution in [1.29, 1.82) is 0 Å². The zero-order valence-corrected chi connectivity index (χ0v) is 19.1. The van der Waals surface area contributed by atoms with E-state index in [-0.39, 0.29) is 11.8 Å². The van der Waals surface area contributed by atoms with Crippen LogP contribution in [0.4, 0.5) is 0 Å². The van der Waals surface area contributed by atoms with Gasteiger partial charge in [0.25, 0.3) is 0 Å². The molecule has 3 aliphatic rings. The van der Waals surface area contributed by atoms with Crippen molar-refractivity contribution in [3.63, 3.8) is 0 Å². The Kier molecular flexibility index (Phi) is 4.88. The van der Waals surface area contributed by atoms with Crippen LogP contribution in [0.15, 0.2) is 52.0 Å². The Morgan fingerprint density at radius 1 is 1.14 bits per heavy atom. The van der Waals surface area contributed by atoms with E-state index in [0.29, 0.717) is 6.04 Å². The van der Waals surface area contributed by atoms with Gasteiger partial charge in [-0.15, -0.1) is 0 Å². The lowest BCUT2D eigenvalue weighted by Gasteiger charge is -2.51. The van der Waals surface area contributed by atoms with Gasteiger partial charge in [0.05, 0.1) is 11.8 Å². The van der Waals surface area contributed by atoms with Gasteiger partial charge in [-0.05, 0) is 49.7 Å². The van der Waals surface area contributed by atoms with E-state index in [1.165, 1.54) is 5.56 Å². The zero-order chi connectivity index (χ0) is 20.2. The largest absolute Gasteiger partial charge is 0.466 e. The molecule has 0 radical (unpaired) electrons. The van der Waals surface area contributed by atoms with Crippen molar-refractivity contribution < 1.29 is 4.74 Å². The Morgan fingerprint density at radius 3 is 2.55 bits per heavy atom. The second-order valence-corrected chi connectivity index (χ2v) is 9.83. The van der Waals surface area contributed by atoms with Crippen LogP contribution < -0.4 is 4.74 Å².